The minimum absolute atomic E-state index is 0.430. The third kappa shape index (κ3) is 3.82. The molecule has 0 aromatic heterocycles. The predicted molar refractivity (Wildman–Crippen MR) is 71.9 cm³/mol. The molecule has 0 aromatic carbocycles. The molecule has 0 radical (unpaired) electrons. The quantitative estimate of drug-likeness (QED) is 0.689. The third-order valence-corrected chi connectivity index (χ3v) is 5.09. The van der Waals surface area contributed by atoms with E-state index in [1.54, 1.807) is 0 Å². The van der Waals surface area contributed by atoms with Gasteiger partial charge in [-0.25, -0.2) is 0 Å². The van der Waals surface area contributed by atoms with Gasteiger partial charge in [-0.2, -0.15) is 0 Å². The standard InChI is InChI=1S/C16H28O/c1-2-13-8-10-15(11-9-13)16(17)12-14-6-4-3-5-7-14/h13-15H,2-12H2,1H3. The maximum absolute atomic E-state index is 12.3. The lowest BCUT2D eigenvalue weighted by atomic mass is 9.76. The molecule has 1 heteroatoms. The molecular formula is C16H28O. The van der Waals surface area contributed by atoms with Gasteiger partial charge in [0, 0.05) is 12.3 Å². The lowest BCUT2D eigenvalue weighted by Gasteiger charge is -2.28. The van der Waals surface area contributed by atoms with Crippen LogP contribution < -0.4 is 0 Å². The Morgan fingerprint density at radius 2 is 1.53 bits per heavy atom. The van der Waals surface area contributed by atoms with Gasteiger partial charge in [0.15, 0.2) is 0 Å². The zero-order chi connectivity index (χ0) is 12.1. The van der Waals surface area contributed by atoms with Crippen molar-refractivity contribution in [2.45, 2.75) is 77.6 Å². The van der Waals surface area contributed by atoms with Crippen molar-refractivity contribution in [3.8, 4) is 0 Å². The van der Waals surface area contributed by atoms with E-state index in [9.17, 15) is 4.79 Å². The van der Waals surface area contributed by atoms with Crippen molar-refractivity contribution >= 4 is 5.78 Å². The highest BCUT2D eigenvalue weighted by Crippen LogP contribution is 2.34. The van der Waals surface area contributed by atoms with Crippen LogP contribution in [0, 0.1) is 17.8 Å². The van der Waals surface area contributed by atoms with Gasteiger partial charge in [0.05, 0.1) is 0 Å². The highest BCUT2D eigenvalue weighted by Gasteiger charge is 2.27. The number of ketones is 1. The van der Waals surface area contributed by atoms with Crippen LogP contribution in [0.5, 0.6) is 0 Å². The first-order valence-electron chi connectivity index (χ1n) is 7.82. The van der Waals surface area contributed by atoms with E-state index >= 15 is 0 Å². The second-order valence-corrected chi connectivity index (χ2v) is 6.30. The SMILES string of the molecule is CCC1CCC(C(=O)CC2CCCCC2)CC1. The summed E-state index contributed by atoms with van der Waals surface area (Å²) < 4.78 is 0. The molecule has 0 atom stereocenters. The fourth-order valence-electron chi connectivity index (χ4n) is 3.74. The van der Waals surface area contributed by atoms with Crippen LogP contribution in [0.2, 0.25) is 0 Å². The van der Waals surface area contributed by atoms with Gasteiger partial charge in [-0.3, -0.25) is 4.79 Å². The highest BCUT2D eigenvalue weighted by atomic mass is 16.1. The average Bonchev–Trinajstić information content (AvgIpc) is 2.40. The lowest BCUT2D eigenvalue weighted by molar-refractivity contribution is -0.125. The van der Waals surface area contributed by atoms with Crippen LogP contribution >= 0.6 is 0 Å². The Balaban J connectivity index is 1.72. The van der Waals surface area contributed by atoms with E-state index in [0.29, 0.717) is 11.7 Å². The summed E-state index contributed by atoms with van der Waals surface area (Å²) >= 11 is 0. The van der Waals surface area contributed by atoms with E-state index in [2.05, 4.69) is 6.92 Å². The molecule has 0 bridgehead atoms. The molecule has 0 N–H and O–H groups in total. The number of rotatable bonds is 4. The van der Waals surface area contributed by atoms with Crippen molar-refractivity contribution < 1.29 is 4.79 Å². The molecule has 2 rings (SSSR count). The number of hydrogen-bond acceptors (Lipinski definition) is 1. The van der Waals surface area contributed by atoms with Gasteiger partial charge in [-0.1, -0.05) is 45.4 Å². The number of Topliss-reactive ketones (excluding diaryl/α,β-unsaturated/α-hetero) is 1. The van der Waals surface area contributed by atoms with Crippen molar-refractivity contribution in [3.05, 3.63) is 0 Å². The molecule has 17 heavy (non-hydrogen) atoms. The maximum Gasteiger partial charge on any atom is 0.136 e. The molecule has 2 saturated carbocycles. The third-order valence-electron chi connectivity index (χ3n) is 5.09. The van der Waals surface area contributed by atoms with Crippen LogP contribution in [-0.2, 0) is 4.79 Å². The van der Waals surface area contributed by atoms with Gasteiger partial charge >= 0.3 is 0 Å². The van der Waals surface area contributed by atoms with Crippen LogP contribution in [0.3, 0.4) is 0 Å². The summed E-state index contributed by atoms with van der Waals surface area (Å²) in [6.45, 7) is 2.29. The molecule has 2 aliphatic carbocycles. The van der Waals surface area contributed by atoms with E-state index < -0.39 is 0 Å². The second-order valence-electron chi connectivity index (χ2n) is 6.30. The first kappa shape index (κ1) is 13.1. The molecule has 0 aliphatic heterocycles. The summed E-state index contributed by atoms with van der Waals surface area (Å²) in [4.78, 5) is 12.3. The van der Waals surface area contributed by atoms with Crippen LogP contribution in [0.4, 0.5) is 0 Å². The molecule has 0 spiro atoms. The molecule has 2 fully saturated rings. The number of carbonyl (C=O) groups excluding carboxylic acids is 1. The first-order chi connectivity index (χ1) is 8.29. The smallest absolute Gasteiger partial charge is 0.136 e. The van der Waals surface area contributed by atoms with Gasteiger partial charge < -0.3 is 0 Å². The molecule has 1 nitrogen and oxygen atoms in total. The van der Waals surface area contributed by atoms with Crippen LogP contribution in [-0.4, -0.2) is 5.78 Å². The van der Waals surface area contributed by atoms with Crippen molar-refractivity contribution in [1.29, 1.82) is 0 Å². The molecule has 0 heterocycles. The van der Waals surface area contributed by atoms with Crippen molar-refractivity contribution in [2.75, 3.05) is 0 Å². The van der Waals surface area contributed by atoms with Gasteiger partial charge in [0.1, 0.15) is 5.78 Å². The molecule has 0 saturated heterocycles. The zero-order valence-corrected chi connectivity index (χ0v) is 11.4. The van der Waals surface area contributed by atoms with Gasteiger partial charge in [-0.15, -0.1) is 0 Å². The Bertz CT molecular complexity index is 232. The minimum Gasteiger partial charge on any atom is -0.299 e. The maximum atomic E-state index is 12.3. The largest absolute Gasteiger partial charge is 0.299 e. The summed E-state index contributed by atoms with van der Waals surface area (Å²) in [6.07, 6.45) is 13.9. The molecule has 0 amide bonds. The molecule has 2 aliphatic rings. The minimum atomic E-state index is 0.430. The lowest BCUT2D eigenvalue weighted by Crippen LogP contribution is -2.24. The fourth-order valence-corrected chi connectivity index (χ4v) is 3.74. The Morgan fingerprint density at radius 1 is 0.882 bits per heavy atom. The summed E-state index contributed by atoms with van der Waals surface area (Å²) in [5.41, 5.74) is 0. The molecule has 0 aromatic rings. The normalized spacial score (nSPS) is 31.4. The van der Waals surface area contributed by atoms with Crippen LogP contribution in [0.1, 0.15) is 77.6 Å². The van der Waals surface area contributed by atoms with Crippen LogP contribution in [0.25, 0.3) is 0 Å². The zero-order valence-electron chi connectivity index (χ0n) is 11.4. The van der Waals surface area contributed by atoms with Crippen molar-refractivity contribution in [2.24, 2.45) is 17.8 Å². The number of hydrogen-bond donors (Lipinski definition) is 0. The summed E-state index contributed by atoms with van der Waals surface area (Å²) in [5, 5.41) is 0. The monoisotopic (exact) mass is 236 g/mol. The van der Waals surface area contributed by atoms with Gasteiger partial charge in [0.2, 0.25) is 0 Å². The van der Waals surface area contributed by atoms with E-state index in [0.717, 1.165) is 18.3 Å². The summed E-state index contributed by atoms with van der Waals surface area (Å²) in [6, 6.07) is 0. The van der Waals surface area contributed by atoms with E-state index in [4.69, 9.17) is 0 Å². The van der Waals surface area contributed by atoms with Crippen LogP contribution in [0.15, 0.2) is 0 Å². The summed E-state index contributed by atoms with van der Waals surface area (Å²) in [7, 11) is 0. The Morgan fingerprint density at radius 3 is 2.12 bits per heavy atom. The fraction of sp³-hybridized carbons (Fsp3) is 0.938. The molecule has 0 unspecified atom stereocenters. The first-order valence-corrected chi connectivity index (χ1v) is 7.82. The molecular weight excluding hydrogens is 208 g/mol. The highest BCUT2D eigenvalue weighted by molar-refractivity contribution is 5.81. The predicted octanol–water partition coefficient (Wildman–Crippen LogP) is 4.74. The van der Waals surface area contributed by atoms with E-state index in [-0.39, 0.29) is 0 Å². The van der Waals surface area contributed by atoms with Crippen molar-refractivity contribution in [1.82, 2.24) is 0 Å². The number of carbonyl (C=O) groups is 1. The van der Waals surface area contributed by atoms with E-state index in [1.807, 2.05) is 0 Å². The van der Waals surface area contributed by atoms with Gasteiger partial charge in [-0.05, 0) is 37.5 Å². The molecule has 98 valence electrons. The summed E-state index contributed by atoms with van der Waals surface area (Å²) in [5.74, 6) is 2.68. The average molecular weight is 236 g/mol. The second kappa shape index (κ2) is 6.56. The Hall–Kier alpha value is -0.330. The Kier molecular flexibility index (Phi) is 5.06. The topological polar surface area (TPSA) is 17.1 Å². The van der Waals surface area contributed by atoms with E-state index in [1.165, 1.54) is 64.2 Å². The van der Waals surface area contributed by atoms with Crippen molar-refractivity contribution in [3.63, 3.8) is 0 Å². The Labute approximate surface area is 106 Å². The van der Waals surface area contributed by atoms with Gasteiger partial charge in [0.25, 0.3) is 0 Å².